The number of urea groups is 1. The van der Waals surface area contributed by atoms with E-state index in [9.17, 15) is 26.4 Å². The zero-order valence-corrected chi connectivity index (χ0v) is 28.7. The number of carboxylic acids is 1. The van der Waals surface area contributed by atoms with Gasteiger partial charge in [-0.15, -0.1) is 10.2 Å². The van der Waals surface area contributed by atoms with E-state index in [0.717, 1.165) is 29.8 Å². The third-order valence-corrected chi connectivity index (χ3v) is 8.82. The van der Waals surface area contributed by atoms with Crippen molar-refractivity contribution in [3.8, 4) is 11.1 Å². The van der Waals surface area contributed by atoms with Gasteiger partial charge >= 0.3 is 18.2 Å². The number of carboxylic acid groups (broad SMARTS) is 1. The molecule has 2 heterocycles. The predicted octanol–water partition coefficient (Wildman–Crippen LogP) is 5.67. The van der Waals surface area contributed by atoms with Crippen molar-refractivity contribution in [3.63, 3.8) is 0 Å². The number of anilines is 3. The Morgan fingerprint density at radius 2 is 1.56 bits per heavy atom. The van der Waals surface area contributed by atoms with E-state index in [1.165, 1.54) is 12.8 Å². The molecule has 1 aromatic heterocycles. The summed E-state index contributed by atoms with van der Waals surface area (Å²) in [7, 11) is -3.61. The summed E-state index contributed by atoms with van der Waals surface area (Å²) in [5.41, 5.74) is 4.68. The van der Waals surface area contributed by atoms with Crippen molar-refractivity contribution < 1.29 is 36.3 Å². The van der Waals surface area contributed by atoms with Crippen molar-refractivity contribution in [2.24, 2.45) is 0 Å². The van der Waals surface area contributed by atoms with Crippen LogP contribution in [0.3, 0.4) is 0 Å². The summed E-state index contributed by atoms with van der Waals surface area (Å²) in [4.78, 5) is 28.8. The van der Waals surface area contributed by atoms with Crippen molar-refractivity contribution in [1.29, 1.82) is 0 Å². The molecular weight excluding hydrogens is 677 g/mol. The van der Waals surface area contributed by atoms with Crippen LogP contribution in [0.25, 0.3) is 22.2 Å². The SMILES string of the molecule is Cc1ccccc1-c1cc2nnc(Nc3ccc(S(=O)(=O)NCCN4CCCC4)cc3)nc2cc1NC(=O)NC(C)(C)C.O=C(O)C(F)(F)F. The number of rotatable bonds is 9. The fourth-order valence-corrected chi connectivity index (χ4v) is 6.03. The highest BCUT2D eigenvalue weighted by Crippen LogP contribution is 2.34. The highest BCUT2D eigenvalue weighted by molar-refractivity contribution is 7.89. The van der Waals surface area contributed by atoms with Gasteiger partial charge in [0, 0.05) is 29.9 Å². The molecule has 0 bridgehead atoms. The average molecular weight is 717 g/mol. The lowest BCUT2D eigenvalue weighted by atomic mass is 9.98. The van der Waals surface area contributed by atoms with Crippen LogP contribution in [0.5, 0.6) is 0 Å². The normalized spacial score (nSPS) is 13.7. The van der Waals surface area contributed by atoms with Crippen molar-refractivity contribution in [1.82, 2.24) is 30.1 Å². The summed E-state index contributed by atoms with van der Waals surface area (Å²) in [6, 6.07) is 17.6. The third-order valence-electron chi connectivity index (χ3n) is 7.35. The van der Waals surface area contributed by atoms with Gasteiger partial charge in [0.05, 0.1) is 16.1 Å². The number of hydrogen-bond acceptors (Lipinski definition) is 9. The Bertz CT molecular complexity index is 1930. The number of aryl methyl sites for hydroxylation is 1. The first kappa shape index (κ1) is 37.9. The van der Waals surface area contributed by atoms with Gasteiger partial charge in [0.1, 0.15) is 5.52 Å². The van der Waals surface area contributed by atoms with Crippen LogP contribution in [0.4, 0.5) is 35.3 Å². The zero-order chi connectivity index (χ0) is 36.7. The maximum Gasteiger partial charge on any atom is 0.490 e. The number of nitrogens with one attached hydrogen (secondary N) is 4. The number of aliphatic carboxylic acids is 1. The molecule has 50 heavy (non-hydrogen) atoms. The van der Waals surface area contributed by atoms with Crippen LogP contribution in [0, 0.1) is 6.92 Å². The summed E-state index contributed by atoms with van der Waals surface area (Å²) < 4.78 is 59.9. The van der Waals surface area contributed by atoms with Gasteiger partial charge in [0.15, 0.2) is 0 Å². The minimum atomic E-state index is -5.08. The summed E-state index contributed by atoms with van der Waals surface area (Å²) in [5, 5.41) is 24.8. The second-order valence-electron chi connectivity index (χ2n) is 12.6. The molecule has 13 nitrogen and oxygen atoms in total. The Hall–Kier alpha value is -4.87. The van der Waals surface area contributed by atoms with E-state index in [2.05, 4.69) is 40.8 Å². The number of aromatic nitrogens is 3. The molecule has 5 N–H and O–H groups in total. The van der Waals surface area contributed by atoms with Crippen molar-refractivity contribution in [2.75, 3.05) is 36.8 Å². The monoisotopic (exact) mass is 716 g/mol. The Labute approximate surface area is 287 Å². The maximum atomic E-state index is 12.8. The molecule has 3 aromatic carbocycles. The van der Waals surface area contributed by atoms with Gasteiger partial charge in [0.25, 0.3) is 0 Å². The number of alkyl halides is 3. The number of sulfonamides is 1. The summed E-state index contributed by atoms with van der Waals surface area (Å²) >= 11 is 0. The van der Waals surface area contributed by atoms with Gasteiger partial charge in [-0.2, -0.15) is 13.2 Å². The van der Waals surface area contributed by atoms with E-state index >= 15 is 0 Å². The lowest BCUT2D eigenvalue weighted by molar-refractivity contribution is -0.192. The second kappa shape index (κ2) is 15.8. The number of carbonyl (C=O) groups is 2. The third kappa shape index (κ3) is 10.8. The van der Waals surface area contributed by atoms with Crippen LogP contribution < -0.4 is 20.7 Å². The fourth-order valence-electron chi connectivity index (χ4n) is 5.01. The molecule has 0 unspecified atom stereocenters. The number of amides is 2. The molecular formula is C33H39F3N8O5S. The van der Waals surface area contributed by atoms with Gasteiger partial charge < -0.3 is 26.0 Å². The Morgan fingerprint density at radius 3 is 2.16 bits per heavy atom. The molecule has 1 fully saturated rings. The summed E-state index contributed by atoms with van der Waals surface area (Å²) in [5.74, 6) is -2.52. The van der Waals surface area contributed by atoms with Crippen LogP contribution in [-0.2, 0) is 14.8 Å². The van der Waals surface area contributed by atoms with Crippen molar-refractivity contribution in [2.45, 2.75) is 57.1 Å². The van der Waals surface area contributed by atoms with Crippen LogP contribution in [0.2, 0.25) is 0 Å². The van der Waals surface area contributed by atoms with Gasteiger partial charge in [-0.05, 0) is 101 Å². The van der Waals surface area contributed by atoms with Crippen LogP contribution >= 0.6 is 0 Å². The minimum absolute atomic E-state index is 0.185. The number of fused-ring (bicyclic) bond motifs is 1. The van der Waals surface area contributed by atoms with E-state index < -0.39 is 27.7 Å². The lowest BCUT2D eigenvalue weighted by Crippen LogP contribution is -2.43. The number of benzene rings is 3. The van der Waals surface area contributed by atoms with E-state index in [0.29, 0.717) is 35.5 Å². The lowest BCUT2D eigenvalue weighted by Gasteiger charge is -2.22. The molecule has 0 aliphatic carbocycles. The molecule has 1 saturated heterocycles. The highest BCUT2D eigenvalue weighted by Gasteiger charge is 2.38. The van der Waals surface area contributed by atoms with Crippen molar-refractivity contribution >= 4 is 50.4 Å². The molecule has 5 rings (SSSR count). The Morgan fingerprint density at radius 1 is 0.920 bits per heavy atom. The predicted molar refractivity (Wildman–Crippen MR) is 184 cm³/mol. The number of halogens is 3. The van der Waals surface area contributed by atoms with E-state index in [1.807, 2.05) is 58.0 Å². The molecule has 1 aliphatic rings. The molecule has 17 heteroatoms. The Kier molecular flexibility index (Phi) is 12.0. The summed E-state index contributed by atoms with van der Waals surface area (Å²) in [6.45, 7) is 10.9. The maximum absolute atomic E-state index is 12.8. The van der Waals surface area contributed by atoms with Crippen molar-refractivity contribution in [3.05, 3.63) is 66.2 Å². The topological polar surface area (TPSA) is 179 Å². The van der Waals surface area contributed by atoms with E-state index in [1.54, 1.807) is 30.3 Å². The second-order valence-corrected chi connectivity index (χ2v) is 14.3. The van der Waals surface area contributed by atoms with Gasteiger partial charge in [-0.1, -0.05) is 24.3 Å². The largest absolute Gasteiger partial charge is 0.490 e. The smallest absolute Gasteiger partial charge is 0.475 e. The number of hydrogen-bond donors (Lipinski definition) is 5. The fraction of sp³-hybridized carbons (Fsp3) is 0.364. The van der Waals surface area contributed by atoms with E-state index in [-0.39, 0.29) is 16.9 Å². The average Bonchev–Trinajstić information content (AvgIpc) is 3.54. The first-order valence-corrected chi connectivity index (χ1v) is 17.1. The van der Waals surface area contributed by atoms with Crippen LogP contribution in [0.15, 0.2) is 65.6 Å². The van der Waals surface area contributed by atoms with E-state index in [4.69, 9.17) is 9.90 Å². The summed E-state index contributed by atoms with van der Waals surface area (Å²) in [6.07, 6.45) is -2.75. The quantitative estimate of drug-likeness (QED) is 0.145. The number of likely N-dealkylation sites (tertiary alicyclic amines) is 1. The van der Waals surface area contributed by atoms with Gasteiger partial charge in [-0.3, -0.25) is 0 Å². The molecule has 0 radical (unpaired) electrons. The Balaban J connectivity index is 0.000000727. The molecule has 2 amide bonds. The first-order valence-electron chi connectivity index (χ1n) is 15.6. The molecule has 4 aromatic rings. The van der Waals surface area contributed by atoms with Gasteiger partial charge in [-0.25, -0.2) is 27.7 Å². The minimum Gasteiger partial charge on any atom is -0.475 e. The number of nitrogens with zero attached hydrogens (tertiary/aromatic N) is 4. The molecule has 268 valence electrons. The molecule has 1 aliphatic heterocycles. The molecule has 0 spiro atoms. The molecule has 0 saturated carbocycles. The molecule has 0 atom stereocenters. The standard InChI is InChI=1S/C31H38N8O3S.C2HF3O2/c1-21-9-5-6-10-24(21)25-19-28-27(20-26(25)35-30(40)36-31(2,3)4)34-29(38-37-28)33-22-11-13-23(14-12-22)43(41,42)32-15-18-39-16-7-8-17-39;3-2(4,5)1(6)7/h5-6,9-14,19-20,32H,7-8,15-18H2,1-4H3,(H,33,34,38)(H2,35,36,40);(H,6,7). The number of carbonyl (C=O) groups excluding carboxylic acids is 1. The van der Waals surface area contributed by atoms with Crippen LogP contribution in [0.1, 0.15) is 39.2 Å². The van der Waals surface area contributed by atoms with Crippen LogP contribution in [-0.4, -0.2) is 83.5 Å². The van der Waals surface area contributed by atoms with Gasteiger partial charge in [0.2, 0.25) is 16.0 Å². The zero-order valence-electron chi connectivity index (χ0n) is 27.9. The first-order chi connectivity index (χ1) is 23.4. The highest BCUT2D eigenvalue weighted by atomic mass is 32.2.